The number of carbonyl (C=O) groups excluding carboxylic acids is 1. The normalized spacial score (nSPS) is 18.3. The average Bonchev–Trinajstić information content (AvgIpc) is 2.55. The van der Waals surface area contributed by atoms with Gasteiger partial charge in [-0.1, -0.05) is 41.9 Å². The summed E-state index contributed by atoms with van der Waals surface area (Å²) in [5.74, 6) is 0.0876. The number of benzene rings is 2. The van der Waals surface area contributed by atoms with Crippen molar-refractivity contribution in [3.05, 3.63) is 70.2 Å². The van der Waals surface area contributed by atoms with Crippen LogP contribution in [0.5, 0.6) is 0 Å². The summed E-state index contributed by atoms with van der Waals surface area (Å²) < 4.78 is 0. The predicted octanol–water partition coefficient (Wildman–Crippen LogP) is 3.44. The minimum atomic E-state index is 0.0135. The zero-order chi connectivity index (χ0) is 15.5. The number of hydrogen-bond donors (Lipinski definition) is 1. The van der Waals surface area contributed by atoms with Gasteiger partial charge in [-0.05, 0) is 36.2 Å². The number of piperazine rings is 1. The highest BCUT2D eigenvalue weighted by Gasteiger charge is 2.29. The molecule has 0 aromatic heterocycles. The Hall–Kier alpha value is -1.84. The molecule has 1 unspecified atom stereocenters. The number of nitrogens with zero attached hydrogens (tertiary/aromatic N) is 1. The molecule has 0 spiro atoms. The fourth-order valence-electron chi connectivity index (χ4n) is 2.93. The Morgan fingerprint density at radius 3 is 2.82 bits per heavy atom. The van der Waals surface area contributed by atoms with E-state index < -0.39 is 0 Å². The van der Waals surface area contributed by atoms with E-state index in [0.717, 1.165) is 29.8 Å². The number of carbonyl (C=O) groups is 1. The highest BCUT2D eigenvalue weighted by Crippen LogP contribution is 2.26. The summed E-state index contributed by atoms with van der Waals surface area (Å²) in [4.78, 5) is 14.9. The zero-order valence-corrected chi connectivity index (χ0v) is 13.3. The predicted molar refractivity (Wildman–Crippen MR) is 89.3 cm³/mol. The van der Waals surface area contributed by atoms with Crippen molar-refractivity contribution in [2.75, 3.05) is 19.6 Å². The number of aryl methyl sites for hydroxylation is 1. The van der Waals surface area contributed by atoms with Gasteiger partial charge in [0.2, 0.25) is 0 Å². The van der Waals surface area contributed by atoms with Gasteiger partial charge in [-0.2, -0.15) is 0 Å². The molecule has 1 aliphatic rings. The Morgan fingerprint density at radius 1 is 1.23 bits per heavy atom. The number of halogens is 1. The lowest BCUT2D eigenvalue weighted by molar-refractivity contribution is 0.0633. The minimum Gasteiger partial charge on any atom is -0.329 e. The van der Waals surface area contributed by atoms with E-state index in [1.807, 2.05) is 60.4 Å². The zero-order valence-electron chi connectivity index (χ0n) is 12.6. The Balaban J connectivity index is 1.93. The molecule has 1 heterocycles. The second-order valence-electron chi connectivity index (χ2n) is 5.59. The van der Waals surface area contributed by atoms with Crippen LogP contribution in [-0.2, 0) is 0 Å². The van der Waals surface area contributed by atoms with Crippen LogP contribution in [0.2, 0.25) is 5.02 Å². The summed E-state index contributed by atoms with van der Waals surface area (Å²) in [5.41, 5.74) is 2.86. The monoisotopic (exact) mass is 314 g/mol. The first-order valence-electron chi connectivity index (χ1n) is 7.49. The van der Waals surface area contributed by atoms with Gasteiger partial charge in [0.05, 0.1) is 6.04 Å². The summed E-state index contributed by atoms with van der Waals surface area (Å²) in [7, 11) is 0. The van der Waals surface area contributed by atoms with Gasteiger partial charge in [-0.3, -0.25) is 4.79 Å². The molecule has 4 heteroatoms. The van der Waals surface area contributed by atoms with Crippen LogP contribution in [0.15, 0.2) is 48.5 Å². The molecule has 114 valence electrons. The number of rotatable bonds is 2. The summed E-state index contributed by atoms with van der Waals surface area (Å²) in [6, 6.07) is 15.5. The second-order valence-corrected chi connectivity index (χ2v) is 6.02. The van der Waals surface area contributed by atoms with Crippen LogP contribution < -0.4 is 5.32 Å². The Kier molecular flexibility index (Phi) is 4.46. The maximum Gasteiger partial charge on any atom is 0.254 e. The molecule has 1 saturated heterocycles. The molecule has 1 fully saturated rings. The van der Waals surface area contributed by atoms with Crippen LogP contribution in [0.1, 0.15) is 27.5 Å². The molecule has 3 rings (SSSR count). The van der Waals surface area contributed by atoms with E-state index in [9.17, 15) is 4.79 Å². The van der Waals surface area contributed by atoms with Crippen LogP contribution >= 0.6 is 11.6 Å². The highest BCUT2D eigenvalue weighted by molar-refractivity contribution is 6.30. The van der Waals surface area contributed by atoms with E-state index in [0.29, 0.717) is 11.6 Å². The van der Waals surface area contributed by atoms with Gasteiger partial charge in [-0.25, -0.2) is 0 Å². The van der Waals surface area contributed by atoms with E-state index >= 15 is 0 Å². The third-order valence-electron chi connectivity index (χ3n) is 4.11. The van der Waals surface area contributed by atoms with E-state index in [4.69, 9.17) is 11.6 Å². The van der Waals surface area contributed by atoms with Crippen molar-refractivity contribution < 1.29 is 4.79 Å². The summed E-state index contributed by atoms with van der Waals surface area (Å²) in [6.45, 7) is 4.24. The van der Waals surface area contributed by atoms with E-state index in [-0.39, 0.29) is 11.9 Å². The van der Waals surface area contributed by atoms with Gasteiger partial charge in [0.25, 0.3) is 5.91 Å². The quantitative estimate of drug-likeness (QED) is 0.921. The second kappa shape index (κ2) is 6.51. The molecule has 0 radical (unpaired) electrons. The van der Waals surface area contributed by atoms with Crippen molar-refractivity contribution in [3.8, 4) is 0 Å². The number of amides is 1. The van der Waals surface area contributed by atoms with Crippen molar-refractivity contribution in [2.24, 2.45) is 0 Å². The van der Waals surface area contributed by atoms with Crippen molar-refractivity contribution in [2.45, 2.75) is 13.0 Å². The Bertz CT molecular complexity index is 686. The Labute approximate surface area is 135 Å². The van der Waals surface area contributed by atoms with Crippen molar-refractivity contribution in [3.63, 3.8) is 0 Å². The van der Waals surface area contributed by atoms with Gasteiger partial charge in [0, 0.05) is 30.2 Å². The van der Waals surface area contributed by atoms with Crippen LogP contribution in [-0.4, -0.2) is 30.4 Å². The van der Waals surface area contributed by atoms with Gasteiger partial charge >= 0.3 is 0 Å². The largest absolute Gasteiger partial charge is 0.329 e. The van der Waals surface area contributed by atoms with Crippen LogP contribution in [0.25, 0.3) is 0 Å². The topological polar surface area (TPSA) is 32.3 Å². The van der Waals surface area contributed by atoms with E-state index in [2.05, 4.69) is 5.32 Å². The lowest BCUT2D eigenvalue weighted by Gasteiger charge is -2.37. The molecule has 0 bridgehead atoms. The molecule has 1 atom stereocenters. The van der Waals surface area contributed by atoms with Gasteiger partial charge in [-0.15, -0.1) is 0 Å². The van der Waals surface area contributed by atoms with Gasteiger partial charge < -0.3 is 10.2 Å². The first-order valence-corrected chi connectivity index (χ1v) is 7.87. The standard InChI is InChI=1S/C18H19ClN2O/c1-13-5-2-3-8-16(13)18(22)21-10-9-20-12-17(21)14-6-4-7-15(19)11-14/h2-8,11,17,20H,9-10,12H2,1H3. The third kappa shape index (κ3) is 3.01. The first-order chi connectivity index (χ1) is 10.7. The fourth-order valence-corrected chi connectivity index (χ4v) is 3.13. The Morgan fingerprint density at radius 2 is 2.05 bits per heavy atom. The summed E-state index contributed by atoms with van der Waals surface area (Å²) in [6.07, 6.45) is 0. The van der Waals surface area contributed by atoms with Crippen LogP contribution in [0.4, 0.5) is 0 Å². The van der Waals surface area contributed by atoms with Gasteiger partial charge in [0.15, 0.2) is 0 Å². The van der Waals surface area contributed by atoms with Gasteiger partial charge in [0.1, 0.15) is 0 Å². The first kappa shape index (κ1) is 15.1. The number of nitrogens with one attached hydrogen (secondary N) is 1. The minimum absolute atomic E-state index is 0.0135. The van der Waals surface area contributed by atoms with E-state index in [1.165, 1.54) is 0 Å². The molecule has 0 saturated carbocycles. The van der Waals surface area contributed by atoms with Crippen molar-refractivity contribution >= 4 is 17.5 Å². The SMILES string of the molecule is Cc1ccccc1C(=O)N1CCNCC1c1cccc(Cl)c1. The third-order valence-corrected chi connectivity index (χ3v) is 4.35. The molecule has 1 N–H and O–H groups in total. The average molecular weight is 315 g/mol. The smallest absolute Gasteiger partial charge is 0.254 e. The molecule has 22 heavy (non-hydrogen) atoms. The highest BCUT2D eigenvalue weighted by atomic mass is 35.5. The molecule has 2 aromatic rings. The van der Waals surface area contributed by atoms with Crippen molar-refractivity contribution in [1.82, 2.24) is 10.2 Å². The van der Waals surface area contributed by atoms with Crippen LogP contribution in [0.3, 0.4) is 0 Å². The molecule has 2 aromatic carbocycles. The lowest BCUT2D eigenvalue weighted by Crippen LogP contribution is -2.48. The van der Waals surface area contributed by atoms with E-state index in [1.54, 1.807) is 0 Å². The molecular weight excluding hydrogens is 296 g/mol. The summed E-state index contributed by atoms with van der Waals surface area (Å²) >= 11 is 6.11. The molecule has 1 aliphatic heterocycles. The number of hydrogen-bond acceptors (Lipinski definition) is 2. The van der Waals surface area contributed by atoms with Crippen LogP contribution in [0, 0.1) is 6.92 Å². The molecule has 1 amide bonds. The maximum absolute atomic E-state index is 13.0. The summed E-state index contributed by atoms with van der Waals surface area (Å²) in [5, 5.41) is 4.07. The molecule has 0 aliphatic carbocycles. The fraction of sp³-hybridized carbons (Fsp3) is 0.278. The molecule has 3 nitrogen and oxygen atoms in total. The molecular formula is C18H19ClN2O. The lowest BCUT2D eigenvalue weighted by atomic mass is 10.0. The maximum atomic E-state index is 13.0. The van der Waals surface area contributed by atoms with Crippen molar-refractivity contribution in [1.29, 1.82) is 0 Å².